The standard InChI is InChI=1S/C22H18F3NO4S/c23-22(24,25)19-6-1-2-7-20(19)31(29,30)26-18-12-10-15(11-13-18)8-9-16-4-3-5-17(14-16)21(27)28/h1-7,10-14,26H,8-9H2,(H,27,28). The van der Waals surface area contributed by atoms with Crippen LogP contribution < -0.4 is 4.72 Å². The highest BCUT2D eigenvalue weighted by atomic mass is 32.2. The van der Waals surface area contributed by atoms with Gasteiger partial charge in [-0.25, -0.2) is 13.2 Å². The molecule has 3 aromatic rings. The molecule has 5 nitrogen and oxygen atoms in total. The topological polar surface area (TPSA) is 83.5 Å². The van der Waals surface area contributed by atoms with Gasteiger partial charge in [-0.1, -0.05) is 36.4 Å². The summed E-state index contributed by atoms with van der Waals surface area (Å²) in [5.74, 6) is -1.01. The maximum Gasteiger partial charge on any atom is 0.417 e. The molecule has 0 atom stereocenters. The van der Waals surface area contributed by atoms with Crippen LogP contribution in [-0.4, -0.2) is 19.5 Å². The Morgan fingerprint density at radius 3 is 2.16 bits per heavy atom. The molecule has 3 rings (SSSR count). The zero-order chi connectivity index (χ0) is 22.6. The molecule has 0 amide bonds. The molecule has 0 aromatic heterocycles. The maximum absolute atomic E-state index is 13.1. The lowest BCUT2D eigenvalue weighted by Gasteiger charge is -2.14. The number of rotatable bonds is 7. The van der Waals surface area contributed by atoms with E-state index in [1.807, 2.05) is 6.07 Å². The normalized spacial score (nSPS) is 11.8. The maximum atomic E-state index is 13.1. The highest BCUT2D eigenvalue weighted by Crippen LogP contribution is 2.34. The van der Waals surface area contributed by atoms with Crippen molar-refractivity contribution < 1.29 is 31.5 Å². The number of alkyl halides is 3. The Hall–Kier alpha value is -3.33. The van der Waals surface area contributed by atoms with Crippen molar-refractivity contribution in [3.05, 3.63) is 95.1 Å². The van der Waals surface area contributed by atoms with Crippen LogP contribution in [0.5, 0.6) is 0 Å². The Kier molecular flexibility index (Phi) is 6.35. The first-order chi connectivity index (χ1) is 14.6. The van der Waals surface area contributed by atoms with E-state index in [1.165, 1.54) is 24.3 Å². The van der Waals surface area contributed by atoms with Crippen molar-refractivity contribution in [1.82, 2.24) is 0 Å². The largest absolute Gasteiger partial charge is 0.478 e. The highest BCUT2D eigenvalue weighted by molar-refractivity contribution is 7.92. The molecule has 0 fully saturated rings. The number of sulfonamides is 1. The molecular weight excluding hydrogens is 431 g/mol. The first kappa shape index (κ1) is 22.4. The highest BCUT2D eigenvalue weighted by Gasteiger charge is 2.36. The van der Waals surface area contributed by atoms with Gasteiger partial charge in [0.05, 0.1) is 16.0 Å². The second-order valence-corrected chi connectivity index (χ2v) is 8.45. The number of nitrogens with one attached hydrogen (secondary N) is 1. The van der Waals surface area contributed by atoms with Gasteiger partial charge >= 0.3 is 12.1 Å². The molecule has 0 aliphatic heterocycles. The monoisotopic (exact) mass is 449 g/mol. The summed E-state index contributed by atoms with van der Waals surface area (Å²) in [6.45, 7) is 0. The molecule has 0 bridgehead atoms. The number of hydrogen-bond acceptors (Lipinski definition) is 3. The third-order valence-electron chi connectivity index (χ3n) is 4.56. The van der Waals surface area contributed by atoms with Gasteiger partial charge in [0.2, 0.25) is 0 Å². The lowest BCUT2D eigenvalue weighted by Crippen LogP contribution is -2.18. The summed E-state index contributed by atoms with van der Waals surface area (Å²) in [5.41, 5.74) is 0.797. The number of halogens is 3. The van der Waals surface area contributed by atoms with Crippen LogP contribution in [0.4, 0.5) is 18.9 Å². The van der Waals surface area contributed by atoms with Crippen molar-refractivity contribution in [2.75, 3.05) is 4.72 Å². The third kappa shape index (κ3) is 5.64. The molecule has 0 saturated carbocycles. The molecule has 2 N–H and O–H groups in total. The van der Waals surface area contributed by atoms with Crippen LogP contribution in [0, 0.1) is 0 Å². The SMILES string of the molecule is O=C(O)c1cccc(CCc2ccc(NS(=O)(=O)c3ccccc3C(F)(F)F)cc2)c1. The van der Waals surface area contributed by atoms with E-state index < -0.39 is 32.6 Å². The minimum atomic E-state index is -4.80. The van der Waals surface area contributed by atoms with E-state index >= 15 is 0 Å². The van der Waals surface area contributed by atoms with Gasteiger partial charge in [0.25, 0.3) is 10.0 Å². The van der Waals surface area contributed by atoms with Crippen molar-refractivity contribution >= 4 is 21.7 Å². The second-order valence-electron chi connectivity index (χ2n) is 6.80. The fourth-order valence-corrected chi connectivity index (χ4v) is 4.32. The van der Waals surface area contributed by atoms with Crippen LogP contribution in [-0.2, 0) is 29.0 Å². The quantitative estimate of drug-likeness (QED) is 0.532. The number of anilines is 1. The first-order valence-corrected chi connectivity index (χ1v) is 10.6. The minimum absolute atomic E-state index is 0.133. The number of carbonyl (C=O) groups is 1. The fourth-order valence-electron chi connectivity index (χ4n) is 3.03. The van der Waals surface area contributed by atoms with Crippen molar-refractivity contribution in [2.45, 2.75) is 23.9 Å². The molecule has 0 aliphatic rings. The van der Waals surface area contributed by atoms with Gasteiger partial charge in [-0.15, -0.1) is 0 Å². The Morgan fingerprint density at radius 1 is 0.871 bits per heavy atom. The van der Waals surface area contributed by atoms with Crippen LogP contribution in [0.1, 0.15) is 27.0 Å². The summed E-state index contributed by atoms with van der Waals surface area (Å²) in [4.78, 5) is 10.2. The molecule has 3 aromatic carbocycles. The van der Waals surface area contributed by atoms with Gasteiger partial charge < -0.3 is 5.11 Å². The third-order valence-corrected chi connectivity index (χ3v) is 6.00. The predicted molar refractivity (Wildman–Crippen MR) is 110 cm³/mol. The zero-order valence-corrected chi connectivity index (χ0v) is 16.9. The number of carboxylic acid groups (broad SMARTS) is 1. The van der Waals surface area contributed by atoms with Gasteiger partial charge in [0.15, 0.2) is 0 Å². The van der Waals surface area contributed by atoms with Gasteiger partial charge in [-0.2, -0.15) is 13.2 Å². The van der Waals surface area contributed by atoms with Crippen molar-refractivity contribution in [3.63, 3.8) is 0 Å². The number of aryl methyl sites for hydroxylation is 2. The van der Waals surface area contributed by atoms with Crippen LogP contribution in [0.3, 0.4) is 0 Å². The summed E-state index contributed by atoms with van der Waals surface area (Å²) in [5, 5.41) is 9.04. The second kappa shape index (κ2) is 8.81. The van der Waals surface area contributed by atoms with Crippen molar-refractivity contribution in [2.24, 2.45) is 0 Å². The average Bonchev–Trinajstić information content (AvgIpc) is 2.72. The lowest BCUT2D eigenvalue weighted by atomic mass is 10.0. The summed E-state index contributed by atoms with van der Waals surface area (Å²) in [6, 6.07) is 16.8. The van der Waals surface area contributed by atoms with Crippen LogP contribution in [0.15, 0.2) is 77.7 Å². The molecule has 0 heterocycles. The molecule has 0 aliphatic carbocycles. The average molecular weight is 449 g/mol. The van der Waals surface area contributed by atoms with E-state index in [0.717, 1.165) is 29.3 Å². The van der Waals surface area contributed by atoms with E-state index in [-0.39, 0.29) is 11.3 Å². The Bertz CT molecular complexity index is 1190. The van der Waals surface area contributed by atoms with Gasteiger partial charge in [0.1, 0.15) is 0 Å². The molecule has 0 radical (unpaired) electrons. The molecule has 162 valence electrons. The van der Waals surface area contributed by atoms with Gasteiger partial charge in [-0.3, -0.25) is 4.72 Å². The molecule has 0 spiro atoms. The molecular formula is C22H18F3NO4S. The fraction of sp³-hybridized carbons (Fsp3) is 0.136. The summed E-state index contributed by atoms with van der Waals surface area (Å²) < 4.78 is 66.6. The van der Waals surface area contributed by atoms with Gasteiger partial charge in [0, 0.05) is 5.69 Å². The van der Waals surface area contributed by atoms with E-state index in [4.69, 9.17) is 5.11 Å². The van der Waals surface area contributed by atoms with E-state index in [0.29, 0.717) is 12.8 Å². The van der Waals surface area contributed by atoms with E-state index in [2.05, 4.69) is 4.72 Å². The van der Waals surface area contributed by atoms with Gasteiger partial charge in [-0.05, 0) is 60.4 Å². The molecule has 0 unspecified atom stereocenters. The Balaban J connectivity index is 1.71. The molecule has 0 saturated heterocycles. The van der Waals surface area contributed by atoms with E-state index in [1.54, 1.807) is 24.3 Å². The Morgan fingerprint density at radius 2 is 1.52 bits per heavy atom. The van der Waals surface area contributed by atoms with Crippen molar-refractivity contribution in [3.8, 4) is 0 Å². The predicted octanol–water partition coefficient (Wildman–Crippen LogP) is 4.99. The minimum Gasteiger partial charge on any atom is -0.478 e. The smallest absolute Gasteiger partial charge is 0.417 e. The number of benzene rings is 3. The number of carboxylic acids is 1. The van der Waals surface area contributed by atoms with E-state index in [9.17, 15) is 26.4 Å². The number of aromatic carboxylic acids is 1. The zero-order valence-electron chi connectivity index (χ0n) is 16.1. The lowest BCUT2D eigenvalue weighted by molar-refractivity contribution is -0.139. The first-order valence-electron chi connectivity index (χ1n) is 9.16. The van der Waals surface area contributed by atoms with Crippen molar-refractivity contribution in [1.29, 1.82) is 0 Å². The summed E-state index contributed by atoms with van der Waals surface area (Å²) in [7, 11) is -4.43. The Labute approximate surface area is 177 Å². The van der Waals surface area contributed by atoms with Crippen LogP contribution in [0.2, 0.25) is 0 Å². The van der Waals surface area contributed by atoms with Crippen LogP contribution in [0.25, 0.3) is 0 Å². The molecule has 9 heteroatoms. The van der Waals surface area contributed by atoms with Crippen LogP contribution >= 0.6 is 0 Å². The number of hydrogen-bond donors (Lipinski definition) is 2. The molecule has 31 heavy (non-hydrogen) atoms. The summed E-state index contributed by atoms with van der Waals surface area (Å²) in [6.07, 6.45) is -3.65. The summed E-state index contributed by atoms with van der Waals surface area (Å²) >= 11 is 0.